The van der Waals surface area contributed by atoms with Crippen LogP contribution < -0.4 is 0 Å². The van der Waals surface area contributed by atoms with Gasteiger partial charge in [0.1, 0.15) is 0 Å². The van der Waals surface area contributed by atoms with Crippen molar-refractivity contribution in [3.8, 4) is 0 Å². The van der Waals surface area contributed by atoms with Crippen molar-refractivity contribution >= 4 is 0 Å². The molecule has 0 heterocycles. The lowest BCUT2D eigenvalue weighted by molar-refractivity contribution is 0.729. The molecule has 0 N–H and O–H groups in total. The van der Waals surface area contributed by atoms with Crippen molar-refractivity contribution in [3.05, 3.63) is 107 Å². The van der Waals surface area contributed by atoms with Gasteiger partial charge < -0.3 is 0 Å². The molecule has 0 amide bonds. The number of hydrogen-bond acceptors (Lipinski definition) is 0. The van der Waals surface area contributed by atoms with Gasteiger partial charge in [-0.2, -0.15) is 0 Å². The second-order valence-corrected chi connectivity index (χ2v) is 5.70. The molecule has 0 aliphatic heterocycles. The summed E-state index contributed by atoms with van der Waals surface area (Å²) in [6, 6.07) is 0. The maximum Gasteiger partial charge on any atom is 0.0107 e. The Morgan fingerprint density at radius 3 is 2.52 bits per heavy atom. The molecule has 0 radical (unpaired) electrons. The summed E-state index contributed by atoms with van der Waals surface area (Å²) >= 11 is 0. The summed E-state index contributed by atoms with van der Waals surface area (Å²) in [6.07, 6.45) is 30.9. The van der Waals surface area contributed by atoms with Crippen LogP contribution in [0.3, 0.4) is 0 Å². The van der Waals surface area contributed by atoms with E-state index in [9.17, 15) is 0 Å². The standard InChI is InChI=1S/C21H18/c1-4-10-16-11-5-2-9-15-20-18-13-7-3-6-12-17(18)19(14-8-1)21(16)20/h1-12,14,20H,13,15H2/b4-1-,8-1?,9-2-,10-4?,11-5-,14-8?,16-10-,19-14?,21-16?. The summed E-state index contributed by atoms with van der Waals surface area (Å²) < 4.78 is 0. The van der Waals surface area contributed by atoms with E-state index in [1.165, 1.54) is 22.3 Å². The normalized spacial score (nSPS) is 33.0. The SMILES string of the molecule is C1=CCC2=C(C=C1)C1=C3C(=C\C=C/C=C1)/C=C\C=C/CC23. The Bertz CT molecular complexity index is 737. The summed E-state index contributed by atoms with van der Waals surface area (Å²) in [6.45, 7) is 0. The predicted molar refractivity (Wildman–Crippen MR) is 89.7 cm³/mol. The minimum atomic E-state index is 0.519. The van der Waals surface area contributed by atoms with Crippen LogP contribution in [0.25, 0.3) is 0 Å². The lowest BCUT2D eigenvalue weighted by Crippen LogP contribution is -2.06. The van der Waals surface area contributed by atoms with Crippen LogP contribution in [0.2, 0.25) is 0 Å². The van der Waals surface area contributed by atoms with E-state index in [0.29, 0.717) is 5.92 Å². The molecule has 4 aliphatic rings. The number of allylic oxidation sites excluding steroid dienone is 18. The molecule has 0 aromatic carbocycles. The van der Waals surface area contributed by atoms with Crippen LogP contribution >= 0.6 is 0 Å². The van der Waals surface area contributed by atoms with Crippen molar-refractivity contribution < 1.29 is 0 Å². The van der Waals surface area contributed by atoms with E-state index < -0.39 is 0 Å². The number of hydrogen-bond donors (Lipinski definition) is 0. The smallest absolute Gasteiger partial charge is 0.0107 e. The van der Waals surface area contributed by atoms with Crippen LogP contribution in [0.4, 0.5) is 0 Å². The number of fused-ring (bicyclic) bond motifs is 2. The Balaban J connectivity index is 1.95. The molecule has 0 nitrogen and oxygen atoms in total. The number of rotatable bonds is 0. The van der Waals surface area contributed by atoms with Crippen molar-refractivity contribution in [1.29, 1.82) is 0 Å². The van der Waals surface area contributed by atoms with Gasteiger partial charge >= 0.3 is 0 Å². The molecule has 1 atom stereocenters. The van der Waals surface area contributed by atoms with E-state index in [2.05, 4.69) is 79.0 Å². The van der Waals surface area contributed by atoms with Crippen LogP contribution in [0.15, 0.2) is 107 Å². The van der Waals surface area contributed by atoms with Crippen LogP contribution in [0, 0.1) is 5.92 Å². The lowest BCUT2D eigenvalue weighted by atomic mass is 9.84. The third-order valence-corrected chi connectivity index (χ3v) is 4.51. The van der Waals surface area contributed by atoms with E-state index in [4.69, 9.17) is 0 Å². The maximum atomic E-state index is 2.30. The molecular weight excluding hydrogens is 252 g/mol. The van der Waals surface area contributed by atoms with E-state index in [0.717, 1.165) is 12.8 Å². The minimum absolute atomic E-state index is 0.519. The first-order chi connectivity index (χ1) is 10.4. The van der Waals surface area contributed by atoms with Gasteiger partial charge in [0.2, 0.25) is 0 Å². The zero-order chi connectivity index (χ0) is 14.1. The van der Waals surface area contributed by atoms with Crippen molar-refractivity contribution in [2.24, 2.45) is 5.92 Å². The van der Waals surface area contributed by atoms with Gasteiger partial charge in [0.25, 0.3) is 0 Å². The fourth-order valence-electron chi connectivity index (χ4n) is 3.60. The Hall–Kier alpha value is -2.34. The summed E-state index contributed by atoms with van der Waals surface area (Å²) in [5.74, 6) is 0.519. The molecule has 0 bridgehead atoms. The Morgan fingerprint density at radius 1 is 0.714 bits per heavy atom. The molecule has 0 aromatic heterocycles. The summed E-state index contributed by atoms with van der Waals surface area (Å²) in [4.78, 5) is 0. The largest absolute Gasteiger partial charge is 0.0836 e. The molecule has 0 fully saturated rings. The van der Waals surface area contributed by atoms with Crippen LogP contribution in [-0.2, 0) is 0 Å². The van der Waals surface area contributed by atoms with Crippen molar-refractivity contribution in [3.63, 3.8) is 0 Å². The van der Waals surface area contributed by atoms with Crippen LogP contribution in [-0.4, -0.2) is 0 Å². The van der Waals surface area contributed by atoms with Gasteiger partial charge in [0.15, 0.2) is 0 Å². The molecular formula is C21H18. The fourth-order valence-corrected chi connectivity index (χ4v) is 3.60. The summed E-state index contributed by atoms with van der Waals surface area (Å²) in [7, 11) is 0. The zero-order valence-corrected chi connectivity index (χ0v) is 12.0. The Kier molecular flexibility index (Phi) is 3.08. The molecule has 0 saturated heterocycles. The monoisotopic (exact) mass is 270 g/mol. The van der Waals surface area contributed by atoms with Gasteiger partial charge in [-0.15, -0.1) is 0 Å². The third-order valence-electron chi connectivity index (χ3n) is 4.51. The first kappa shape index (κ1) is 12.4. The lowest BCUT2D eigenvalue weighted by Gasteiger charge is -2.20. The van der Waals surface area contributed by atoms with Crippen molar-refractivity contribution in [2.75, 3.05) is 0 Å². The van der Waals surface area contributed by atoms with Crippen molar-refractivity contribution in [2.45, 2.75) is 12.8 Å². The van der Waals surface area contributed by atoms with Crippen LogP contribution in [0.5, 0.6) is 0 Å². The summed E-state index contributed by atoms with van der Waals surface area (Å²) in [5, 5.41) is 0. The molecule has 1 unspecified atom stereocenters. The first-order valence-corrected chi connectivity index (χ1v) is 7.64. The summed E-state index contributed by atoms with van der Waals surface area (Å²) in [5.41, 5.74) is 7.26. The highest BCUT2D eigenvalue weighted by Gasteiger charge is 2.32. The van der Waals surface area contributed by atoms with Gasteiger partial charge in [-0.25, -0.2) is 0 Å². The molecule has 0 aromatic rings. The van der Waals surface area contributed by atoms with Crippen molar-refractivity contribution in [1.82, 2.24) is 0 Å². The van der Waals surface area contributed by atoms with E-state index in [1.54, 1.807) is 5.57 Å². The van der Waals surface area contributed by atoms with E-state index >= 15 is 0 Å². The highest BCUT2D eigenvalue weighted by atomic mass is 14.4. The zero-order valence-electron chi connectivity index (χ0n) is 12.0. The molecule has 0 heteroatoms. The molecule has 4 aliphatic carbocycles. The highest BCUT2D eigenvalue weighted by Crippen LogP contribution is 2.47. The quantitative estimate of drug-likeness (QED) is 0.560. The molecule has 0 saturated carbocycles. The first-order valence-electron chi connectivity index (χ1n) is 7.64. The van der Waals surface area contributed by atoms with Gasteiger partial charge in [-0.1, -0.05) is 84.6 Å². The van der Waals surface area contributed by atoms with E-state index in [1.807, 2.05) is 0 Å². The molecule has 102 valence electrons. The Morgan fingerprint density at radius 2 is 1.52 bits per heavy atom. The Labute approximate surface area is 126 Å². The molecule has 4 rings (SSSR count). The molecule has 0 spiro atoms. The fraction of sp³-hybridized carbons (Fsp3) is 0.143. The highest BCUT2D eigenvalue weighted by molar-refractivity contribution is 5.68. The van der Waals surface area contributed by atoms with Gasteiger partial charge in [-0.3, -0.25) is 0 Å². The average molecular weight is 270 g/mol. The maximum absolute atomic E-state index is 2.30. The topological polar surface area (TPSA) is 0 Å². The van der Waals surface area contributed by atoms with Gasteiger partial charge in [0.05, 0.1) is 0 Å². The average Bonchev–Trinajstić information content (AvgIpc) is 2.63. The second kappa shape index (κ2) is 5.21. The predicted octanol–water partition coefficient (Wildman–Crippen LogP) is 5.29. The van der Waals surface area contributed by atoms with Gasteiger partial charge in [-0.05, 0) is 35.1 Å². The van der Waals surface area contributed by atoms with E-state index in [-0.39, 0.29) is 0 Å². The van der Waals surface area contributed by atoms with Crippen LogP contribution in [0.1, 0.15) is 12.8 Å². The molecule has 21 heavy (non-hydrogen) atoms. The minimum Gasteiger partial charge on any atom is -0.0836 e. The van der Waals surface area contributed by atoms with Gasteiger partial charge in [0, 0.05) is 5.92 Å². The third kappa shape index (κ3) is 2.08. The second-order valence-electron chi connectivity index (χ2n) is 5.70.